The van der Waals surface area contributed by atoms with Crippen molar-refractivity contribution < 1.29 is 23.1 Å². The molecular formula is C39H54F2N2O3. The summed E-state index contributed by atoms with van der Waals surface area (Å²) in [6, 6.07) is 7.97. The number of benzene rings is 1. The fourth-order valence-electron chi connectivity index (χ4n) is 13.0. The smallest absolute Gasteiger partial charge is 0.337 e. The minimum Gasteiger partial charge on any atom is -0.465 e. The number of hydrogen-bond acceptors (Lipinski definition) is 4. The van der Waals surface area contributed by atoms with E-state index in [0.29, 0.717) is 29.2 Å². The molecule has 8 atom stereocenters. The van der Waals surface area contributed by atoms with Crippen molar-refractivity contribution in [1.82, 2.24) is 10.2 Å². The second-order valence-corrected chi connectivity index (χ2v) is 17.5. The van der Waals surface area contributed by atoms with Crippen LogP contribution < -0.4 is 5.32 Å². The van der Waals surface area contributed by atoms with E-state index in [1.807, 2.05) is 12.1 Å². The highest BCUT2D eigenvalue weighted by Crippen LogP contribution is 2.76. The summed E-state index contributed by atoms with van der Waals surface area (Å²) in [7, 11) is 1.42. The number of fused-ring (bicyclic) bond motifs is 7. The first kappa shape index (κ1) is 32.3. The average molecular weight is 637 g/mol. The summed E-state index contributed by atoms with van der Waals surface area (Å²) in [5.41, 5.74) is 3.68. The van der Waals surface area contributed by atoms with Gasteiger partial charge in [0.05, 0.1) is 32.3 Å². The molecule has 7 heteroatoms. The molecule has 1 aromatic rings. The van der Waals surface area contributed by atoms with E-state index < -0.39 is 5.92 Å². The lowest BCUT2D eigenvalue weighted by Gasteiger charge is -2.72. The zero-order valence-electron chi connectivity index (χ0n) is 28.8. The molecule has 3 unspecified atom stereocenters. The lowest BCUT2D eigenvalue weighted by Crippen LogP contribution is -2.68. The molecule has 1 aliphatic heterocycles. The summed E-state index contributed by atoms with van der Waals surface area (Å²) in [5.74, 6) is -0.756. The minimum atomic E-state index is -2.65. The van der Waals surface area contributed by atoms with Crippen LogP contribution >= 0.6 is 0 Å². The van der Waals surface area contributed by atoms with E-state index in [1.54, 1.807) is 4.90 Å². The zero-order chi connectivity index (χ0) is 32.9. The van der Waals surface area contributed by atoms with Gasteiger partial charge < -0.3 is 10.1 Å². The van der Waals surface area contributed by atoms with Crippen LogP contribution in [0.5, 0.6) is 0 Å². The van der Waals surface area contributed by atoms with Crippen LogP contribution in [-0.4, -0.2) is 55.0 Å². The van der Waals surface area contributed by atoms with Crippen LogP contribution in [0.4, 0.5) is 8.78 Å². The van der Waals surface area contributed by atoms with Gasteiger partial charge in [-0.1, -0.05) is 59.2 Å². The van der Waals surface area contributed by atoms with Crippen molar-refractivity contribution in [3.8, 4) is 0 Å². The van der Waals surface area contributed by atoms with Gasteiger partial charge in [-0.3, -0.25) is 9.69 Å². The van der Waals surface area contributed by atoms with Crippen molar-refractivity contribution in [3.05, 3.63) is 41.5 Å². The molecule has 1 saturated heterocycles. The van der Waals surface area contributed by atoms with E-state index in [9.17, 15) is 18.4 Å². The van der Waals surface area contributed by atoms with Crippen LogP contribution in [0.3, 0.4) is 0 Å². The molecule has 5 fully saturated rings. The third-order valence-corrected chi connectivity index (χ3v) is 15.2. The number of carbonyl (C=O) groups is 2. The van der Waals surface area contributed by atoms with Gasteiger partial charge in [0.2, 0.25) is 5.91 Å². The Morgan fingerprint density at radius 1 is 0.870 bits per heavy atom. The van der Waals surface area contributed by atoms with Crippen molar-refractivity contribution in [1.29, 1.82) is 0 Å². The number of nitrogens with zero attached hydrogens (tertiary/aromatic N) is 1. The van der Waals surface area contributed by atoms with Gasteiger partial charge in [-0.2, -0.15) is 0 Å². The van der Waals surface area contributed by atoms with Crippen LogP contribution in [0.2, 0.25) is 0 Å². The number of allylic oxidation sites excluding steroid dienone is 2. The van der Waals surface area contributed by atoms with Crippen molar-refractivity contribution in [3.63, 3.8) is 0 Å². The maximum absolute atomic E-state index is 13.4. The Morgan fingerprint density at radius 3 is 2.26 bits per heavy atom. The molecule has 0 bridgehead atoms. The van der Waals surface area contributed by atoms with Gasteiger partial charge in [-0.15, -0.1) is 0 Å². The standard InChI is InChI=1S/C39H54F2N2O3/c1-34(2)27(25-9-11-26(12-10-25)33(45)46-6)15-18-35(3)30(34)16-19-37(5)31(35)14-13-28-29-8-7-17-38(29,21-20-36(28,37)4)42-32(44)22-43-23-39(40,41)24-43/h9-12,15,28-31H,7-8,13-14,16-24H2,1-6H3,(H,42,44)/t28-,29?,30?,31?,35+,36-,37-,38+/m1/s1. The normalized spacial score (nSPS) is 42.3. The topological polar surface area (TPSA) is 58.6 Å². The molecule has 1 aromatic carbocycles. The van der Waals surface area contributed by atoms with E-state index in [4.69, 9.17) is 4.74 Å². The molecule has 6 aliphatic rings. The average Bonchev–Trinajstić information content (AvgIpc) is 3.39. The highest BCUT2D eigenvalue weighted by Gasteiger charge is 2.69. The fourth-order valence-corrected chi connectivity index (χ4v) is 13.0. The molecule has 1 N–H and O–H groups in total. The Bertz CT molecular complexity index is 1430. The molecule has 1 amide bonds. The van der Waals surface area contributed by atoms with Gasteiger partial charge in [-0.25, -0.2) is 13.6 Å². The van der Waals surface area contributed by atoms with E-state index in [-0.39, 0.29) is 58.7 Å². The maximum Gasteiger partial charge on any atom is 0.337 e. The summed E-state index contributed by atoms with van der Waals surface area (Å²) >= 11 is 0. The molecule has 46 heavy (non-hydrogen) atoms. The van der Waals surface area contributed by atoms with Gasteiger partial charge in [0.15, 0.2) is 0 Å². The van der Waals surface area contributed by atoms with Crippen molar-refractivity contribution in [2.45, 2.75) is 110 Å². The van der Waals surface area contributed by atoms with Gasteiger partial charge >= 0.3 is 5.97 Å². The summed E-state index contributed by atoms with van der Waals surface area (Å²) in [6.07, 6.45) is 14.0. The highest BCUT2D eigenvalue weighted by atomic mass is 19.3. The third kappa shape index (κ3) is 4.59. The minimum absolute atomic E-state index is 0.0107. The van der Waals surface area contributed by atoms with E-state index in [2.05, 4.69) is 58.1 Å². The lowest BCUT2D eigenvalue weighted by atomic mass is 9.33. The number of rotatable bonds is 5. The molecule has 5 nitrogen and oxygen atoms in total. The lowest BCUT2D eigenvalue weighted by molar-refractivity contribution is -0.217. The highest BCUT2D eigenvalue weighted by molar-refractivity contribution is 5.90. The number of methoxy groups -OCH3 is 1. The number of likely N-dealkylation sites (tertiary alicyclic amines) is 1. The SMILES string of the molecule is COC(=O)c1ccc(C2=CC[C@@]3(C)C(CC[C@]4(C)C3CC[C@@H]3C5CCC[C@]5(NC(=O)CN5CC(F)(F)C5)CC[C@]34C)C2(C)C)cc1. The predicted octanol–water partition coefficient (Wildman–Crippen LogP) is 8.14. The monoisotopic (exact) mass is 636 g/mol. The number of halogens is 2. The van der Waals surface area contributed by atoms with Crippen LogP contribution in [0, 0.1) is 45.3 Å². The van der Waals surface area contributed by atoms with E-state index >= 15 is 0 Å². The summed E-state index contributed by atoms with van der Waals surface area (Å²) in [6.45, 7) is 12.2. The molecule has 0 radical (unpaired) electrons. The summed E-state index contributed by atoms with van der Waals surface area (Å²) < 4.78 is 31.8. The Hall–Kier alpha value is -2.28. The Morgan fingerprint density at radius 2 is 1.59 bits per heavy atom. The number of hydrogen-bond donors (Lipinski definition) is 1. The number of esters is 1. The van der Waals surface area contributed by atoms with E-state index in [0.717, 1.165) is 38.5 Å². The first-order valence-electron chi connectivity index (χ1n) is 17.9. The van der Waals surface area contributed by atoms with Crippen LogP contribution in [0.25, 0.3) is 5.57 Å². The molecule has 4 saturated carbocycles. The van der Waals surface area contributed by atoms with Crippen LogP contribution in [-0.2, 0) is 9.53 Å². The number of alkyl halides is 2. The quantitative estimate of drug-likeness (QED) is 0.332. The number of amides is 1. The Labute approximate surface area is 274 Å². The molecule has 5 aliphatic carbocycles. The molecule has 7 rings (SSSR count). The Kier molecular flexibility index (Phi) is 7.44. The van der Waals surface area contributed by atoms with Crippen molar-refractivity contribution >= 4 is 17.4 Å². The molecule has 0 aromatic heterocycles. The number of carbonyl (C=O) groups excluding carboxylic acids is 2. The van der Waals surface area contributed by atoms with Gasteiger partial charge in [0.25, 0.3) is 5.92 Å². The third-order valence-electron chi connectivity index (χ3n) is 15.2. The van der Waals surface area contributed by atoms with Gasteiger partial charge in [0.1, 0.15) is 0 Å². The number of ether oxygens (including phenoxy) is 1. The first-order chi connectivity index (χ1) is 21.6. The van der Waals surface area contributed by atoms with Crippen LogP contribution in [0.15, 0.2) is 30.3 Å². The van der Waals surface area contributed by atoms with Crippen molar-refractivity contribution in [2.75, 3.05) is 26.7 Å². The Balaban J connectivity index is 1.13. The second-order valence-electron chi connectivity index (χ2n) is 17.5. The zero-order valence-corrected chi connectivity index (χ0v) is 28.8. The van der Waals surface area contributed by atoms with Crippen LogP contribution in [0.1, 0.15) is 115 Å². The van der Waals surface area contributed by atoms with E-state index in [1.165, 1.54) is 43.9 Å². The molecule has 1 heterocycles. The predicted molar refractivity (Wildman–Crippen MR) is 176 cm³/mol. The number of nitrogens with one attached hydrogen (secondary N) is 1. The fraction of sp³-hybridized carbons (Fsp3) is 0.744. The molecular weight excluding hydrogens is 582 g/mol. The molecule has 0 spiro atoms. The van der Waals surface area contributed by atoms with Gasteiger partial charge in [0, 0.05) is 5.54 Å². The summed E-state index contributed by atoms with van der Waals surface area (Å²) in [4.78, 5) is 26.9. The largest absolute Gasteiger partial charge is 0.465 e. The maximum atomic E-state index is 13.4. The van der Waals surface area contributed by atoms with Gasteiger partial charge in [-0.05, 0) is 126 Å². The van der Waals surface area contributed by atoms with Crippen molar-refractivity contribution in [2.24, 2.45) is 45.3 Å². The molecule has 252 valence electrons. The first-order valence-corrected chi connectivity index (χ1v) is 17.9. The summed E-state index contributed by atoms with van der Waals surface area (Å²) in [5, 5.41) is 3.49. The second kappa shape index (κ2) is 10.6.